The number of carbonyl (C=O) groups is 1. The van der Waals surface area contributed by atoms with Crippen LogP contribution in [0.1, 0.15) is 23.7 Å². The van der Waals surface area contributed by atoms with Crippen LogP contribution >= 0.6 is 0 Å². The number of anilines is 1. The summed E-state index contributed by atoms with van der Waals surface area (Å²) in [6.45, 7) is 1.39. The lowest BCUT2D eigenvalue weighted by Gasteiger charge is -2.40. The molecule has 1 aromatic carbocycles. The summed E-state index contributed by atoms with van der Waals surface area (Å²) in [4.78, 5) is 15.8. The summed E-state index contributed by atoms with van der Waals surface area (Å²) in [5, 5.41) is 42.7. The Labute approximate surface area is 167 Å². The molecule has 2 aliphatic rings. The van der Waals surface area contributed by atoms with Crippen LogP contribution in [0, 0.1) is 0 Å². The van der Waals surface area contributed by atoms with Crippen LogP contribution in [0.5, 0.6) is 0 Å². The van der Waals surface area contributed by atoms with E-state index in [0.29, 0.717) is 11.3 Å². The maximum Gasteiger partial charge on any atom is 0.178 e. The number of ether oxygens (including phenoxy) is 1. The van der Waals surface area contributed by atoms with E-state index in [1.807, 2.05) is 25.1 Å². The van der Waals surface area contributed by atoms with Crippen LogP contribution in [-0.2, 0) is 16.0 Å². The van der Waals surface area contributed by atoms with E-state index in [0.717, 1.165) is 22.4 Å². The number of aromatic amines is 1. The van der Waals surface area contributed by atoms with Gasteiger partial charge in [0.25, 0.3) is 0 Å². The van der Waals surface area contributed by atoms with Crippen LogP contribution in [0.4, 0.5) is 5.69 Å². The third-order valence-electron chi connectivity index (χ3n) is 5.61. The number of allylic oxidation sites excluding steroid dienone is 2. The minimum Gasteiger partial charge on any atom is -0.394 e. The van der Waals surface area contributed by atoms with Crippen molar-refractivity contribution in [1.29, 1.82) is 0 Å². The van der Waals surface area contributed by atoms with Crippen molar-refractivity contribution in [3.05, 3.63) is 53.3 Å². The Morgan fingerprint density at radius 3 is 2.69 bits per heavy atom. The third-order valence-corrected chi connectivity index (χ3v) is 5.61. The number of Topliss-reactive ketones (excluding diaryl/α,β-unsaturated/α-hetero) is 1. The number of hydrogen-bond donors (Lipinski definition) is 6. The number of aromatic nitrogens is 1. The van der Waals surface area contributed by atoms with Crippen LogP contribution in [0.3, 0.4) is 0 Å². The van der Waals surface area contributed by atoms with Crippen molar-refractivity contribution in [2.45, 2.75) is 44.0 Å². The Morgan fingerprint density at radius 2 is 2.00 bits per heavy atom. The second-order valence-electron chi connectivity index (χ2n) is 7.45. The van der Waals surface area contributed by atoms with E-state index < -0.39 is 37.3 Å². The van der Waals surface area contributed by atoms with Gasteiger partial charge in [0.05, 0.1) is 6.61 Å². The molecule has 1 aromatic heterocycles. The monoisotopic (exact) mass is 400 g/mol. The van der Waals surface area contributed by atoms with E-state index in [-0.39, 0.29) is 12.2 Å². The van der Waals surface area contributed by atoms with Crippen molar-refractivity contribution < 1.29 is 30.0 Å². The molecule has 0 saturated carbocycles. The molecule has 6 N–H and O–H groups in total. The van der Waals surface area contributed by atoms with E-state index in [2.05, 4.69) is 10.3 Å². The van der Waals surface area contributed by atoms with Gasteiger partial charge in [-0.25, -0.2) is 0 Å². The average Bonchev–Trinajstić information content (AvgIpc) is 3.22. The van der Waals surface area contributed by atoms with Crippen LogP contribution in [0.25, 0.3) is 11.1 Å². The molecule has 1 saturated heterocycles. The fourth-order valence-corrected chi connectivity index (χ4v) is 4.08. The van der Waals surface area contributed by atoms with Crippen molar-refractivity contribution in [1.82, 2.24) is 4.98 Å². The molecule has 29 heavy (non-hydrogen) atoms. The zero-order valence-electron chi connectivity index (χ0n) is 15.9. The zero-order valence-corrected chi connectivity index (χ0v) is 15.9. The van der Waals surface area contributed by atoms with Gasteiger partial charge in [0.2, 0.25) is 0 Å². The number of aliphatic hydroxyl groups excluding tert-OH is 4. The number of nitrogens with one attached hydrogen (secondary N) is 2. The topological polar surface area (TPSA) is 135 Å². The van der Waals surface area contributed by atoms with Gasteiger partial charge in [0, 0.05) is 29.6 Å². The van der Waals surface area contributed by atoms with Crippen LogP contribution in [0.2, 0.25) is 0 Å². The van der Waals surface area contributed by atoms with Crippen molar-refractivity contribution >= 4 is 22.6 Å². The fraction of sp³-hybridized carbons (Fsp3) is 0.381. The minimum atomic E-state index is -1.41. The van der Waals surface area contributed by atoms with Gasteiger partial charge in [-0.15, -0.1) is 0 Å². The van der Waals surface area contributed by atoms with Crippen LogP contribution < -0.4 is 5.32 Å². The number of ketones is 1. The maximum atomic E-state index is 12.7. The maximum absolute atomic E-state index is 12.7. The van der Waals surface area contributed by atoms with Crippen LogP contribution in [-0.4, -0.2) is 68.4 Å². The van der Waals surface area contributed by atoms with E-state index in [9.17, 15) is 25.2 Å². The van der Waals surface area contributed by atoms with Crippen LogP contribution in [0.15, 0.2) is 36.5 Å². The number of benzene rings is 1. The Kier molecular flexibility index (Phi) is 5.28. The number of H-pyrrole nitrogens is 1. The lowest BCUT2D eigenvalue weighted by Crippen LogP contribution is -2.61. The molecule has 0 bridgehead atoms. The highest BCUT2D eigenvalue weighted by Crippen LogP contribution is 2.35. The molecule has 2 aromatic rings. The van der Waals surface area contributed by atoms with Gasteiger partial charge in [-0.3, -0.25) is 4.79 Å². The highest BCUT2D eigenvalue weighted by molar-refractivity contribution is 6.29. The third kappa shape index (κ3) is 3.50. The number of hydrogen-bond acceptors (Lipinski definition) is 7. The molecule has 2 heterocycles. The molecule has 4 rings (SSSR count). The first-order valence-corrected chi connectivity index (χ1v) is 9.49. The number of carbonyl (C=O) groups excluding carboxylic acids is 1. The Morgan fingerprint density at radius 1 is 1.21 bits per heavy atom. The first-order valence-electron chi connectivity index (χ1n) is 9.49. The molecule has 5 atom stereocenters. The molecule has 0 radical (unpaired) electrons. The normalized spacial score (nSPS) is 29.7. The van der Waals surface area contributed by atoms with Crippen molar-refractivity contribution in [3.63, 3.8) is 0 Å². The molecular weight excluding hydrogens is 376 g/mol. The van der Waals surface area contributed by atoms with Gasteiger partial charge >= 0.3 is 0 Å². The minimum absolute atomic E-state index is 0.0110. The highest BCUT2D eigenvalue weighted by atomic mass is 16.6. The zero-order chi connectivity index (χ0) is 20.7. The standard InChI is InChI=1S/C21H24N2O6/c1-10-13-5-4-12(23-18-20(27)19(26)16(9-24)29-21(18)28)7-11(13)8-15(25)17(10)14-3-2-6-22-14/h2-7,16,18-24,26-28H,8-9H2,1H3/t16?,18?,19-,20-,21?/m1/s1. The SMILES string of the molecule is CC1=C(c2ccc[nH]2)C(=O)Cc2cc(NC3C(O)OC(CO)[C@@H](O)[C@@H]3O)ccc21. The van der Waals surface area contributed by atoms with Crippen molar-refractivity contribution in [2.75, 3.05) is 11.9 Å². The van der Waals surface area contributed by atoms with Gasteiger partial charge in [0.1, 0.15) is 24.4 Å². The second-order valence-corrected chi connectivity index (χ2v) is 7.45. The smallest absolute Gasteiger partial charge is 0.178 e. The number of rotatable bonds is 4. The van der Waals surface area contributed by atoms with Gasteiger partial charge in [-0.1, -0.05) is 6.07 Å². The molecule has 1 aliphatic carbocycles. The Hall–Kier alpha value is -2.49. The number of fused-ring (bicyclic) bond motifs is 1. The van der Waals surface area contributed by atoms with Crippen molar-refractivity contribution in [2.24, 2.45) is 0 Å². The predicted molar refractivity (Wildman–Crippen MR) is 106 cm³/mol. The van der Waals surface area contributed by atoms with E-state index in [1.54, 1.807) is 18.3 Å². The summed E-state index contributed by atoms with van der Waals surface area (Å²) < 4.78 is 5.17. The summed E-state index contributed by atoms with van der Waals surface area (Å²) in [7, 11) is 0. The van der Waals surface area contributed by atoms with E-state index >= 15 is 0 Å². The summed E-state index contributed by atoms with van der Waals surface area (Å²) >= 11 is 0. The van der Waals surface area contributed by atoms with E-state index in [4.69, 9.17) is 4.74 Å². The summed E-state index contributed by atoms with van der Waals surface area (Å²) in [5.74, 6) is 0.0110. The average molecular weight is 400 g/mol. The summed E-state index contributed by atoms with van der Waals surface area (Å²) in [6, 6.07) is 8.20. The molecule has 8 heteroatoms. The molecule has 154 valence electrons. The predicted octanol–water partition coefficient (Wildman–Crippen LogP) is 0.282. The van der Waals surface area contributed by atoms with Gasteiger partial charge < -0.3 is 35.5 Å². The quantitative estimate of drug-likeness (QED) is 0.434. The molecule has 0 amide bonds. The molecule has 1 aliphatic heterocycles. The molecule has 8 nitrogen and oxygen atoms in total. The molecule has 0 spiro atoms. The Bertz CT molecular complexity index is 939. The van der Waals surface area contributed by atoms with Crippen molar-refractivity contribution in [3.8, 4) is 0 Å². The fourth-order valence-electron chi connectivity index (χ4n) is 4.08. The molecule has 1 fully saturated rings. The van der Waals surface area contributed by atoms with Gasteiger partial charge in [-0.2, -0.15) is 0 Å². The van der Waals surface area contributed by atoms with E-state index in [1.165, 1.54) is 0 Å². The Balaban J connectivity index is 1.60. The largest absolute Gasteiger partial charge is 0.394 e. The lowest BCUT2D eigenvalue weighted by atomic mass is 9.84. The summed E-state index contributed by atoms with van der Waals surface area (Å²) in [5.41, 5.74) is 4.72. The molecular formula is C21H24N2O6. The second kappa shape index (κ2) is 7.74. The van der Waals surface area contributed by atoms with Gasteiger partial charge in [-0.05, 0) is 47.9 Å². The highest BCUT2D eigenvalue weighted by Gasteiger charge is 2.43. The first-order chi connectivity index (χ1) is 13.9. The van der Waals surface area contributed by atoms with Gasteiger partial charge in [0.15, 0.2) is 12.1 Å². The lowest BCUT2D eigenvalue weighted by molar-refractivity contribution is -0.245. The first kappa shape index (κ1) is 19.8. The summed E-state index contributed by atoms with van der Waals surface area (Å²) in [6.07, 6.45) is -3.13. The molecule has 3 unspecified atom stereocenters. The number of aliphatic hydroxyl groups is 4.